The summed E-state index contributed by atoms with van der Waals surface area (Å²) in [6.07, 6.45) is 2.04. The molecule has 1 aliphatic carbocycles. The van der Waals surface area contributed by atoms with Gasteiger partial charge < -0.3 is 10.6 Å². The second-order valence-electron chi connectivity index (χ2n) is 5.92. The van der Waals surface area contributed by atoms with E-state index in [1.165, 1.54) is 12.1 Å². The maximum Gasteiger partial charge on any atom is 0.315 e. The van der Waals surface area contributed by atoms with Gasteiger partial charge in [0.1, 0.15) is 0 Å². The number of halogens is 2. The SMILES string of the molecule is C[C@H](NC(=O)N[C@H](C)c1nnnn1C1CC1)c1cccc(F)c1F. The molecule has 1 heterocycles. The van der Waals surface area contributed by atoms with Gasteiger partial charge in [0.15, 0.2) is 17.5 Å². The smallest absolute Gasteiger partial charge is 0.315 e. The first-order valence-electron chi connectivity index (χ1n) is 7.76. The molecule has 0 aliphatic heterocycles. The quantitative estimate of drug-likeness (QED) is 0.878. The van der Waals surface area contributed by atoms with Crippen LogP contribution in [0, 0.1) is 11.6 Å². The predicted molar refractivity (Wildman–Crippen MR) is 80.9 cm³/mol. The number of tetrazole rings is 1. The lowest BCUT2D eigenvalue weighted by molar-refractivity contribution is 0.233. The van der Waals surface area contributed by atoms with Crippen molar-refractivity contribution in [2.75, 3.05) is 0 Å². The highest BCUT2D eigenvalue weighted by Gasteiger charge is 2.30. The zero-order chi connectivity index (χ0) is 17.3. The minimum Gasteiger partial charge on any atom is -0.332 e. The average molecular weight is 336 g/mol. The summed E-state index contributed by atoms with van der Waals surface area (Å²) in [7, 11) is 0. The van der Waals surface area contributed by atoms with Crippen molar-refractivity contribution >= 4 is 6.03 Å². The first-order valence-corrected chi connectivity index (χ1v) is 7.76. The second kappa shape index (κ2) is 6.50. The normalized spacial score (nSPS) is 16.5. The Balaban J connectivity index is 1.62. The lowest BCUT2D eigenvalue weighted by atomic mass is 10.1. The van der Waals surface area contributed by atoms with Crippen LogP contribution in [0.15, 0.2) is 18.2 Å². The Bertz CT molecular complexity index is 745. The lowest BCUT2D eigenvalue weighted by Crippen LogP contribution is -2.39. The van der Waals surface area contributed by atoms with Gasteiger partial charge in [-0.05, 0) is 43.2 Å². The standard InChI is InChI=1S/C15H18F2N6O/c1-8(11-4-3-5-12(16)13(11)17)18-15(24)19-9(2)14-20-21-22-23(14)10-6-7-10/h3-5,8-10H,6-7H2,1-2H3,(H2,18,19,24)/t8-,9+/m0/s1. The number of carbonyl (C=O) groups excluding carboxylic acids is 1. The van der Waals surface area contributed by atoms with Gasteiger partial charge in [-0.3, -0.25) is 0 Å². The summed E-state index contributed by atoms with van der Waals surface area (Å²) < 4.78 is 28.7. The van der Waals surface area contributed by atoms with Crippen LogP contribution in [0.2, 0.25) is 0 Å². The number of rotatable bonds is 5. The number of nitrogens with one attached hydrogen (secondary N) is 2. The largest absolute Gasteiger partial charge is 0.332 e. The number of hydrogen-bond acceptors (Lipinski definition) is 4. The molecule has 0 bridgehead atoms. The summed E-state index contributed by atoms with van der Waals surface area (Å²) >= 11 is 0. The first kappa shape index (κ1) is 16.3. The van der Waals surface area contributed by atoms with E-state index in [1.807, 2.05) is 0 Å². The fourth-order valence-corrected chi connectivity index (χ4v) is 2.50. The highest BCUT2D eigenvalue weighted by atomic mass is 19.2. The minimum absolute atomic E-state index is 0.0839. The van der Waals surface area contributed by atoms with Gasteiger partial charge in [0.2, 0.25) is 0 Å². The van der Waals surface area contributed by atoms with Crippen LogP contribution in [0.1, 0.15) is 56.2 Å². The molecule has 7 nitrogen and oxygen atoms in total. The molecule has 128 valence electrons. The van der Waals surface area contributed by atoms with Gasteiger partial charge in [0.25, 0.3) is 0 Å². The Morgan fingerprint density at radius 1 is 1.25 bits per heavy atom. The van der Waals surface area contributed by atoms with Crippen molar-refractivity contribution in [3.05, 3.63) is 41.2 Å². The van der Waals surface area contributed by atoms with Gasteiger partial charge in [0, 0.05) is 5.56 Å². The van der Waals surface area contributed by atoms with Gasteiger partial charge in [-0.1, -0.05) is 12.1 Å². The Morgan fingerprint density at radius 2 is 1.96 bits per heavy atom. The van der Waals surface area contributed by atoms with E-state index in [9.17, 15) is 13.6 Å². The van der Waals surface area contributed by atoms with Crippen LogP contribution in [0.5, 0.6) is 0 Å². The lowest BCUT2D eigenvalue weighted by Gasteiger charge is -2.18. The van der Waals surface area contributed by atoms with Gasteiger partial charge in [0.05, 0.1) is 18.1 Å². The van der Waals surface area contributed by atoms with Crippen LogP contribution in [0.3, 0.4) is 0 Å². The van der Waals surface area contributed by atoms with Crippen LogP contribution in [-0.4, -0.2) is 26.2 Å². The topological polar surface area (TPSA) is 84.7 Å². The third-order valence-electron chi connectivity index (χ3n) is 3.94. The van der Waals surface area contributed by atoms with Crippen molar-refractivity contribution in [3.63, 3.8) is 0 Å². The number of amides is 2. The molecule has 2 N–H and O–H groups in total. The third-order valence-corrected chi connectivity index (χ3v) is 3.94. The van der Waals surface area contributed by atoms with Gasteiger partial charge in [-0.15, -0.1) is 5.10 Å². The fraction of sp³-hybridized carbons (Fsp3) is 0.467. The highest BCUT2D eigenvalue weighted by Crippen LogP contribution is 2.35. The molecule has 1 saturated carbocycles. The number of benzene rings is 1. The minimum atomic E-state index is -0.962. The molecule has 0 spiro atoms. The molecule has 1 aromatic heterocycles. The van der Waals surface area contributed by atoms with Gasteiger partial charge in [-0.25, -0.2) is 18.3 Å². The first-order chi connectivity index (χ1) is 11.5. The maximum atomic E-state index is 13.8. The van der Waals surface area contributed by atoms with Crippen molar-refractivity contribution in [1.82, 2.24) is 30.8 Å². The van der Waals surface area contributed by atoms with Crippen LogP contribution in [-0.2, 0) is 0 Å². The molecule has 1 aliphatic rings. The Hall–Kier alpha value is -2.58. The van der Waals surface area contributed by atoms with Gasteiger partial charge in [-0.2, -0.15) is 0 Å². The monoisotopic (exact) mass is 336 g/mol. The van der Waals surface area contributed by atoms with Crippen molar-refractivity contribution < 1.29 is 13.6 Å². The van der Waals surface area contributed by atoms with Crippen molar-refractivity contribution in [2.45, 2.75) is 44.8 Å². The molecule has 0 unspecified atom stereocenters. The molecule has 0 saturated heterocycles. The fourth-order valence-electron chi connectivity index (χ4n) is 2.50. The van der Waals surface area contributed by atoms with E-state index in [1.54, 1.807) is 18.5 Å². The molecule has 2 atom stereocenters. The maximum absolute atomic E-state index is 13.8. The summed E-state index contributed by atoms with van der Waals surface area (Å²) in [5.41, 5.74) is 0.0839. The molecular formula is C15H18F2N6O. The Morgan fingerprint density at radius 3 is 2.67 bits per heavy atom. The summed E-state index contributed by atoms with van der Waals surface area (Å²) in [5.74, 6) is -1.34. The van der Waals surface area contributed by atoms with Crippen molar-refractivity contribution in [3.8, 4) is 0 Å². The number of urea groups is 1. The van der Waals surface area contributed by atoms with Gasteiger partial charge >= 0.3 is 6.03 Å². The zero-order valence-electron chi connectivity index (χ0n) is 13.3. The summed E-state index contributed by atoms with van der Waals surface area (Å²) in [5, 5.41) is 16.8. The number of carbonyl (C=O) groups is 1. The molecular weight excluding hydrogens is 318 g/mol. The van der Waals surface area contributed by atoms with E-state index in [0.29, 0.717) is 11.9 Å². The Kier molecular flexibility index (Phi) is 4.41. The number of hydrogen-bond donors (Lipinski definition) is 2. The summed E-state index contributed by atoms with van der Waals surface area (Å²) in [4.78, 5) is 12.1. The summed E-state index contributed by atoms with van der Waals surface area (Å²) in [6.45, 7) is 3.34. The van der Waals surface area contributed by atoms with Crippen LogP contribution in [0.4, 0.5) is 13.6 Å². The number of nitrogens with zero attached hydrogens (tertiary/aromatic N) is 4. The second-order valence-corrected chi connectivity index (χ2v) is 5.92. The molecule has 9 heteroatoms. The van der Waals surface area contributed by atoms with E-state index < -0.39 is 29.7 Å². The van der Waals surface area contributed by atoms with Crippen LogP contribution < -0.4 is 10.6 Å². The van der Waals surface area contributed by atoms with E-state index in [4.69, 9.17) is 0 Å². The molecule has 1 aromatic carbocycles. The van der Waals surface area contributed by atoms with E-state index in [-0.39, 0.29) is 5.56 Å². The van der Waals surface area contributed by atoms with Crippen molar-refractivity contribution in [1.29, 1.82) is 0 Å². The molecule has 1 fully saturated rings. The summed E-state index contributed by atoms with van der Waals surface area (Å²) in [6, 6.07) is 2.55. The highest BCUT2D eigenvalue weighted by molar-refractivity contribution is 5.74. The van der Waals surface area contributed by atoms with E-state index in [0.717, 1.165) is 18.9 Å². The van der Waals surface area contributed by atoms with Crippen LogP contribution in [0.25, 0.3) is 0 Å². The van der Waals surface area contributed by atoms with E-state index >= 15 is 0 Å². The third kappa shape index (κ3) is 3.34. The Labute approximate surface area is 137 Å². The zero-order valence-corrected chi connectivity index (χ0v) is 13.3. The molecule has 2 amide bonds. The molecule has 3 rings (SSSR count). The molecule has 0 radical (unpaired) electrons. The van der Waals surface area contributed by atoms with Crippen molar-refractivity contribution in [2.24, 2.45) is 0 Å². The molecule has 2 aromatic rings. The average Bonchev–Trinajstić information content (AvgIpc) is 3.26. The predicted octanol–water partition coefficient (Wildman–Crippen LogP) is 2.41. The van der Waals surface area contributed by atoms with Crippen LogP contribution >= 0.6 is 0 Å². The molecule has 24 heavy (non-hydrogen) atoms. The van der Waals surface area contributed by atoms with E-state index in [2.05, 4.69) is 26.2 Å². The number of aromatic nitrogens is 4.